The Morgan fingerprint density at radius 2 is 1.27 bits per heavy atom. The zero-order chi connectivity index (χ0) is 35.8. The van der Waals surface area contributed by atoms with Crippen molar-refractivity contribution in [2.24, 2.45) is 46.3 Å². The molecule has 0 aromatic carbocycles. The van der Waals surface area contributed by atoms with Crippen molar-refractivity contribution in [3.63, 3.8) is 0 Å². The van der Waals surface area contributed by atoms with Crippen LogP contribution >= 0.6 is 15.9 Å². The van der Waals surface area contributed by atoms with Crippen LogP contribution in [0.15, 0.2) is 0 Å². The first-order chi connectivity index (χ1) is 23.3. The molecular weight excluding hydrogens is 688 g/mol. The van der Waals surface area contributed by atoms with E-state index in [4.69, 9.17) is 0 Å². The van der Waals surface area contributed by atoms with E-state index in [9.17, 15) is 34.2 Å². The van der Waals surface area contributed by atoms with Crippen molar-refractivity contribution in [2.45, 2.75) is 149 Å². The van der Waals surface area contributed by atoms with Crippen molar-refractivity contribution in [3.05, 3.63) is 0 Å². The van der Waals surface area contributed by atoms with Crippen LogP contribution in [-0.2, 0) is 24.0 Å². The first-order valence-corrected chi connectivity index (χ1v) is 20.4. The fourth-order valence-corrected chi connectivity index (χ4v) is 11.0. The highest BCUT2D eigenvalue weighted by Gasteiger charge is 2.62. The maximum absolute atomic E-state index is 12.7. The minimum Gasteiger partial charge on any atom is -0.393 e. The molecule has 0 aliphatic heterocycles. The molecule has 4 saturated carbocycles. The first kappa shape index (κ1) is 40.1. The van der Waals surface area contributed by atoms with Gasteiger partial charge in [-0.1, -0.05) is 36.7 Å². The molecule has 9 nitrogen and oxygen atoms in total. The fourth-order valence-electron chi connectivity index (χ4n) is 10.8. The minimum absolute atomic E-state index is 0.00231. The fraction of sp³-hybridized carbons (Fsp3) is 0.872. The van der Waals surface area contributed by atoms with Gasteiger partial charge in [0.25, 0.3) is 0 Å². The number of amides is 2. The number of alkyl halides is 1. The van der Waals surface area contributed by atoms with Gasteiger partial charge in [-0.05, 0) is 117 Å². The van der Waals surface area contributed by atoms with Crippen LogP contribution < -0.4 is 10.6 Å². The second kappa shape index (κ2) is 18.2. The van der Waals surface area contributed by atoms with Crippen LogP contribution in [0.4, 0.5) is 0 Å². The molecule has 0 bridgehead atoms. The topological polar surface area (TPSA) is 150 Å². The van der Waals surface area contributed by atoms with Gasteiger partial charge in [0.2, 0.25) is 11.8 Å². The number of ketones is 3. The van der Waals surface area contributed by atoms with Crippen LogP contribution in [0.1, 0.15) is 136 Å². The predicted octanol–water partition coefficient (Wildman–Crippen LogP) is 5.85. The molecule has 49 heavy (non-hydrogen) atoms. The SMILES string of the molecule is C[C@@H](CCC(=O)NCCCC(=O)CCC(=O)CCC(=O)CCCNC(=O)CBr)[C@H]1CC[C@H]2[C@@H]3[C@H](O)C[C@@H]4C[C@H](O)CC[C@]4(C)[C@H]3CC[C@]12C. The van der Waals surface area contributed by atoms with Gasteiger partial charge in [-0.3, -0.25) is 24.0 Å². The van der Waals surface area contributed by atoms with E-state index in [0.29, 0.717) is 80.7 Å². The summed E-state index contributed by atoms with van der Waals surface area (Å²) in [6, 6.07) is 0. The van der Waals surface area contributed by atoms with Gasteiger partial charge in [0, 0.05) is 58.0 Å². The van der Waals surface area contributed by atoms with E-state index in [0.717, 1.165) is 44.9 Å². The van der Waals surface area contributed by atoms with E-state index in [1.54, 1.807) is 0 Å². The zero-order valence-electron chi connectivity index (χ0n) is 30.3. The van der Waals surface area contributed by atoms with Crippen molar-refractivity contribution in [1.82, 2.24) is 10.6 Å². The van der Waals surface area contributed by atoms with E-state index in [-0.39, 0.29) is 83.2 Å². The largest absolute Gasteiger partial charge is 0.393 e. The summed E-state index contributed by atoms with van der Waals surface area (Å²) in [4.78, 5) is 60.3. The number of aliphatic hydroxyl groups is 2. The average Bonchev–Trinajstić information content (AvgIpc) is 3.43. The number of carbonyl (C=O) groups excluding carboxylic acids is 5. The summed E-state index contributed by atoms with van der Waals surface area (Å²) in [6.45, 7) is 8.10. The Morgan fingerprint density at radius 3 is 1.88 bits per heavy atom. The van der Waals surface area contributed by atoms with Crippen LogP contribution in [-0.4, -0.2) is 70.0 Å². The lowest BCUT2D eigenvalue weighted by Gasteiger charge is -2.62. The molecule has 0 saturated heterocycles. The lowest BCUT2D eigenvalue weighted by Crippen LogP contribution is -2.58. The maximum atomic E-state index is 12.7. The predicted molar refractivity (Wildman–Crippen MR) is 193 cm³/mol. The van der Waals surface area contributed by atoms with Gasteiger partial charge >= 0.3 is 0 Å². The van der Waals surface area contributed by atoms with Crippen LogP contribution in [0.5, 0.6) is 0 Å². The van der Waals surface area contributed by atoms with E-state index in [1.807, 2.05) is 0 Å². The molecule has 0 spiro atoms. The number of hydrogen-bond donors (Lipinski definition) is 4. The summed E-state index contributed by atoms with van der Waals surface area (Å²) in [5, 5.41) is 27.7. The summed E-state index contributed by atoms with van der Waals surface area (Å²) in [5.74, 6) is 2.60. The molecule has 0 aromatic heterocycles. The molecule has 10 heteroatoms. The summed E-state index contributed by atoms with van der Waals surface area (Å²) >= 11 is 3.06. The third kappa shape index (κ3) is 10.2. The molecule has 10 atom stereocenters. The number of fused-ring (bicyclic) bond motifs is 5. The summed E-state index contributed by atoms with van der Waals surface area (Å²) in [7, 11) is 0. The number of nitrogens with one attached hydrogen (secondary N) is 2. The Labute approximate surface area is 302 Å². The number of rotatable bonds is 19. The molecular formula is C39H63BrN2O7. The highest BCUT2D eigenvalue weighted by molar-refractivity contribution is 9.09. The van der Waals surface area contributed by atoms with Crippen molar-refractivity contribution < 1.29 is 34.2 Å². The third-order valence-corrected chi connectivity index (χ3v) is 14.1. The third-order valence-electron chi connectivity index (χ3n) is 13.6. The molecule has 4 aliphatic carbocycles. The number of Topliss-reactive ketones (excluding diaryl/α,β-unsaturated/α-hetero) is 3. The second-order valence-corrected chi connectivity index (χ2v) is 17.2. The van der Waals surface area contributed by atoms with Crippen molar-refractivity contribution in [3.8, 4) is 0 Å². The number of hydrogen-bond acceptors (Lipinski definition) is 7. The van der Waals surface area contributed by atoms with Gasteiger partial charge in [0.05, 0.1) is 17.5 Å². The van der Waals surface area contributed by atoms with Gasteiger partial charge < -0.3 is 20.8 Å². The highest BCUT2D eigenvalue weighted by Crippen LogP contribution is 2.68. The average molecular weight is 752 g/mol. The maximum Gasteiger partial charge on any atom is 0.230 e. The molecule has 278 valence electrons. The smallest absolute Gasteiger partial charge is 0.230 e. The Hall–Kier alpha value is -1.65. The molecule has 4 aliphatic rings. The monoisotopic (exact) mass is 750 g/mol. The molecule has 0 unspecified atom stereocenters. The molecule has 0 aromatic rings. The van der Waals surface area contributed by atoms with Crippen LogP contribution in [0.3, 0.4) is 0 Å². The molecule has 2 amide bonds. The Bertz CT molecular complexity index is 1180. The summed E-state index contributed by atoms with van der Waals surface area (Å²) in [5.41, 5.74) is 0.422. The van der Waals surface area contributed by atoms with Crippen LogP contribution in [0.2, 0.25) is 0 Å². The molecule has 4 rings (SSSR count). The van der Waals surface area contributed by atoms with Crippen LogP contribution in [0.25, 0.3) is 0 Å². The van der Waals surface area contributed by atoms with Gasteiger partial charge in [-0.15, -0.1) is 0 Å². The van der Waals surface area contributed by atoms with E-state index in [2.05, 4.69) is 47.3 Å². The number of carbonyl (C=O) groups is 5. The van der Waals surface area contributed by atoms with E-state index in [1.165, 1.54) is 12.8 Å². The molecule has 0 heterocycles. The van der Waals surface area contributed by atoms with Gasteiger partial charge in [0.15, 0.2) is 0 Å². The Morgan fingerprint density at radius 1 is 0.714 bits per heavy atom. The lowest BCUT2D eigenvalue weighted by atomic mass is 9.43. The van der Waals surface area contributed by atoms with Gasteiger partial charge in [-0.25, -0.2) is 0 Å². The summed E-state index contributed by atoms with van der Waals surface area (Å²) in [6.07, 6.45) is 11.5. The summed E-state index contributed by atoms with van der Waals surface area (Å²) < 4.78 is 0. The van der Waals surface area contributed by atoms with Crippen LogP contribution in [0, 0.1) is 46.3 Å². The van der Waals surface area contributed by atoms with Crippen molar-refractivity contribution in [2.75, 3.05) is 18.4 Å². The molecule has 4 fully saturated rings. The quantitative estimate of drug-likeness (QED) is 0.0956. The zero-order valence-corrected chi connectivity index (χ0v) is 31.9. The van der Waals surface area contributed by atoms with Gasteiger partial charge in [0.1, 0.15) is 17.3 Å². The molecule has 0 radical (unpaired) electrons. The van der Waals surface area contributed by atoms with E-state index < -0.39 is 0 Å². The number of halogens is 1. The van der Waals surface area contributed by atoms with Gasteiger partial charge in [-0.2, -0.15) is 0 Å². The second-order valence-electron chi connectivity index (χ2n) is 16.6. The number of aliphatic hydroxyl groups excluding tert-OH is 2. The lowest BCUT2D eigenvalue weighted by molar-refractivity contribution is -0.174. The van der Waals surface area contributed by atoms with E-state index >= 15 is 0 Å². The first-order valence-electron chi connectivity index (χ1n) is 19.3. The molecule has 4 N–H and O–H groups in total. The highest BCUT2D eigenvalue weighted by atomic mass is 79.9. The Balaban J connectivity index is 1.09. The minimum atomic E-state index is -0.275. The van der Waals surface area contributed by atoms with Crippen molar-refractivity contribution >= 4 is 45.1 Å². The normalized spacial score (nSPS) is 34.2. The van der Waals surface area contributed by atoms with Crippen molar-refractivity contribution in [1.29, 1.82) is 0 Å². The Kier molecular flexibility index (Phi) is 14.9. The standard InChI is InChI=1S/C39H63BrN2O7/c1-25(31-13-14-32-37-33(17-19-39(31,32)3)38(2)18-16-30(46)22-26(38)23-34(37)47)8-15-35(48)41-20-4-6-27(43)9-11-29(45)12-10-28(44)7-5-21-42-36(49)24-40/h25-26,30-34,37,46-47H,4-24H2,1-3H3,(H,41,48)(H,42,49)/t25-,26-,30+,31+,32-,33-,34+,37-,38-,39+/m0/s1.